The Morgan fingerprint density at radius 1 is 1.82 bits per heavy atom. The molecule has 0 aliphatic carbocycles. The number of carbonyl (C=O) groups is 1. The zero-order chi connectivity index (χ0) is 12.5. The largest absolute Gasteiger partial charge is 0.370 e. The number of nitrogens with zero attached hydrogens (tertiary/aromatic N) is 1. The van der Waals surface area contributed by atoms with Crippen LogP contribution in [0.5, 0.6) is 0 Å². The number of amides is 2. The average molecular weight is 354 g/mol. The maximum absolute atomic E-state index is 11.7. The number of ether oxygens (including phenoxy) is 2. The van der Waals surface area contributed by atoms with E-state index in [-0.39, 0.29) is 12.3 Å². The summed E-state index contributed by atoms with van der Waals surface area (Å²) in [6.07, 6.45) is 3.25. The zero-order valence-corrected chi connectivity index (χ0v) is 11.6. The third kappa shape index (κ3) is 2.56. The molecule has 1 fully saturated rings. The van der Waals surface area contributed by atoms with E-state index in [2.05, 4.69) is 27.9 Å². The summed E-state index contributed by atoms with van der Waals surface area (Å²) >= 11 is 2.20. The van der Waals surface area contributed by atoms with Gasteiger partial charge in [0.25, 0.3) is 0 Å². The Kier molecular flexibility index (Phi) is 3.91. The number of alkyl halides is 1. The predicted molar refractivity (Wildman–Crippen MR) is 68.3 cm³/mol. The first-order valence-electron chi connectivity index (χ1n) is 5.34. The van der Waals surface area contributed by atoms with E-state index in [1.54, 1.807) is 13.3 Å². The molecule has 96 valence electrons. The molecule has 0 aromatic rings. The number of rotatable bonds is 3. The SMILES string of the molecule is CO[C@@]1(CI)CC[C@H](N2C=CC(O)NC2=O)O1. The van der Waals surface area contributed by atoms with Crippen molar-refractivity contribution in [2.24, 2.45) is 0 Å². The van der Waals surface area contributed by atoms with Crippen LogP contribution in [-0.4, -0.2) is 45.8 Å². The minimum atomic E-state index is -0.920. The van der Waals surface area contributed by atoms with Gasteiger partial charge in [-0.05, 0) is 12.5 Å². The quantitative estimate of drug-likeness (QED) is 0.580. The molecule has 2 aliphatic heterocycles. The Balaban J connectivity index is 2.06. The van der Waals surface area contributed by atoms with Gasteiger partial charge in [-0.15, -0.1) is 0 Å². The summed E-state index contributed by atoms with van der Waals surface area (Å²) in [6.45, 7) is 0. The van der Waals surface area contributed by atoms with Crippen LogP contribution in [0.25, 0.3) is 0 Å². The van der Waals surface area contributed by atoms with Crippen LogP contribution in [0.15, 0.2) is 12.3 Å². The number of aliphatic hydroxyl groups is 1. The lowest BCUT2D eigenvalue weighted by molar-refractivity contribution is -0.209. The van der Waals surface area contributed by atoms with Crippen molar-refractivity contribution in [3.05, 3.63) is 12.3 Å². The normalized spacial score (nSPS) is 37.4. The molecule has 0 saturated carbocycles. The van der Waals surface area contributed by atoms with Crippen LogP contribution in [-0.2, 0) is 9.47 Å². The molecule has 6 nitrogen and oxygen atoms in total. The predicted octanol–water partition coefficient (Wildman–Crippen LogP) is 0.758. The number of methoxy groups -OCH3 is 1. The van der Waals surface area contributed by atoms with Crippen molar-refractivity contribution in [1.82, 2.24) is 10.2 Å². The number of nitrogens with one attached hydrogen (secondary N) is 1. The Bertz CT molecular complexity index is 332. The van der Waals surface area contributed by atoms with Crippen LogP contribution in [0.1, 0.15) is 12.8 Å². The van der Waals surface area contributed by atoms with Crippen molar-refractivity contribution in [3.63, 3.8) is 0 Å². The highest BCUT2D eigenvalue weighted by Crippen LogP contribution is 2.34. The minimum absolute atomic E-state index is 0.339. The molecule has 7 heteroatoms. The fourth-order valence-corrected chi connectivity index (χ4v) is 2.80. The molecule has 2 amide bonds. The molecule has 2 aliphatic rings. The molecule has 0 aromatic carbocycles. The summed E-state index contributed by atoms with van der Waals surface area (Å²) < 4.78 is 11.9. The number of carbonyl (C=O) groups excluding carboxylic acids is 1. The average Bonchev–Trinajstić information content (AvgIpc) is 2.74. The summed E-state index contributed by atoms with van der Waals surface area (Å²) in [7, 11) is 1.61. The molecular weight excluding hydrogens is 339 g/mol. The van der Waals surface area contributed by atoms with Gasteiger partial charge in [-0.1, -0.05) is 22.6 Å². The van der Waals surface area contributed by atoms with Crippen molar-refractivity contribution < 1.29 is 19.4 Å². The molecule has 0 radical (unpaired) electrons. The third-order valence-electron chi connectivity index (χ3n) is 2.94. The number of hydrogen-bond donors (Lipinski definition) is 2. The maximum Gasteiger partial charge on any atom is 0.325 e. The van der Waals surface area contributed by atoms with Crippen molar-refractivity contribution in [2.75, 3.05) is 11.5 Å². The second-order valence-electron chi connectivity index (χ2n) is 4.00. The fraction of sp³-hybridized carbons (Fsp3) is 0.700. The van der Waals surface area contributed by atoms with Crippen molar-refractivity contribution >= 4 is 28.6 Å². The van der Waals surface area contributed by atoms with Gasteiger partial charge in [-0.3, -0.25) is 4.90 Å². The van der Waals surface area contributed by atoms with Crippen molar-refractivity contribution in [3.8, 4) is 0 Å². The molecule has 1 saturated heterocycles. The van der Waals surface area contributed by atoms with Gasteiger partial charge in [0.05, 0.1) is 4.43 Å². The molecule has 2 N–H and O–H groups in total. The summed E-state index contributed by atoms with van der Waals surface area (Å²) in [6, 6.07) is -0.356. The fourth-order valence-electron chi connectivity index (χ4n) is 1.93. The summed E-state index contributed by atoms with van der Waals surface area (Å²) in [5, 5.41) is 11.6. The number of hydrogen-bond acceptors (Lipinski definition) is 4. The van der Waals surface area contributed by atoms with E-state index in [9.17, 15) is 9.90 Å². The molecule has 2 heterocycles. The molecular formula is C10H15IN2O4. The molecule has 0 bridgehead atoms. The second kappa shape index (κ2) is 5.09. The van der Waals surface area contributed by atoms with Gasteiger partial charge in [0.1, 0.15) is 12.5 Å². The molecule has 2 rings (SSSR count). The standard InChI is InChI=1S/C10H15IN2O4/c1-16-10(6-11)4-2-8(17-10)13-5-3-7(14)12-9(13)15/h3,5,7-8,14H,2,4,6H2,1H3,(H,12,15)/t7?,8-,10+/m1/s1. The van der Waals surface area contributed by atoms with Gasteiger partial charge in [-0.25, -0.2) is 4.79 Å². The third-order valence-corrected chi connectivity index (χ3v) is 4.11. The Morgan fingerprint density at radius 2 is 2.59 bits per heavy atom. The summed E-state index contributed by atoms with van der Waals surface area (Å²) in [5.41, 5.74) is 0. The molecule has 3 atom stereocenters. The maximum atomic E-state index is 11.7. The second-order valence-corrected chi connectivity index (χ2v) is 4.77. The van der Waals surface area contributed by atoms with Crippen molar-refractivity contribution in [1.29, 1.82) is 0 Å². The van der Waals surface area contributed by atoms with Crippen LogP contribution < -0.4 is 5.32 Å². The van der Waals surface area contributed by atoms with E-state index < -0.39 is 12.0 Å². The number of aliphatic hydroxyl groups excluding tert-OH is 1. The Morgan fingerprint density at radius 3 is 3.12 bits per heavy atom. The van der Waals surface area contributed by atoms with Gasteiger partial charge < -0.3 is 19.9 Å². The van der Waals surface area contributed by atoms with E-state index in [1.807, 2.05) is 0 Å². The Labute approximate surface area is 113 Å². The first kappa shape index (κ1) is 13.1. The van der Waals surface area contributed by atoms with E-state index in [4.69, 9.17) is 9.47 Å². The molecule has 0 aromatic heterocycles. The van der Waals surface area contributed by atoms with Gasteiger partial charge in [0, 0.05) is 19.7 Å². The summed E-state index contributed by atoms with van der Waals surface area (Å²) in [4.78, 5) is 13.1. The monoisotopic (exact) mass is 354 g/mol. The smallest absolute Gasteiger partial charge is 0.325 e. The highest BCUT2D eigenvalue weighted by molar-refractivity contribution is 14.1. The van der Waals surface area contributed by atoms with Crippen LogP contribution in [0.2, 0.25) is 0 Å². The highest BCUT2D eigenvalue weighted by Gasteiger charge is 2.43. The van der Waals surface area contributed by atoms with Gasteiger partial charge in [0.2, 0.25) is 0 Å². The first-order valence-corrected chi connectivity index (χ1v) is 6.87. The van der Waals surface area contributed by atoms with Gasteiger partial charge in [-0.2, -0.15) is 0 Å². The lowest BCUT2D eigenvalue weighted by Gasteiger charge is -2.32. The lowest BCUT2D eigenvalue weighted by Crippen LogP contribution is -2.50. The Hall–Kier alpha value is -0.380. The van der Waals surface area contributed by atoms with Crippen LogP contribution in [0.4, 0.5) is 4.79 Å². The molecule has 1 unspecified atom stereocenters. The van der Waals surface area contributed by atoms with Crippen molar-refractivity contribution in [2.45, 2.75) is 31.1 Å². The van der Waals surface area contributed by atoms with E-state index in [0.717, 1.165) is 6.42 Å². The van der Waals surface area contributed by atoms with Crippen LogP contribution in [0, 0.1) is 0 Å². The van der Waals surface area contributed by atoms with Gasteiger partial charge >= 0.3 is 6.03 Å². The van der Waals surface area contributed by atoms with Gasteiger partial charge in [0.15, 0.2) is 5.79 Å². The molecule has 17 heavy (non-hydrogen) atoms. The summed E-state index contributed by atoms with van der Waals surface area (Å²) in [5.74, 6) is -0.602. The number of halogens is 1. The highest BCUT2D eigenvalue weighted by atomic mass is 127. The van der Waals surface area contributed by atoms with E-state index >= 15 is 0 Å². The van der Waals surface area contributed by atoms with Crippen LogP contribution in [0.3, 0.4) is 0 Å². The molecule has 0 spiro atoms. The topological polar surface area (TPSA) is 71.0 Å². The van der Waals surface area contributed by atoms with Crippen LogP contribution >= 0.6 is 22.6 Å². The first-order chi connectivity index (χ1) is 8.10. The number of urea groups is 1. The lowest BCUT2D eigenvalue weighted by atomic mass is 10.2. The van der Waals surface area contributed by atoms with E-state index in [0.29, 0.717) is 10.8 Å². The minimum Gasteiger partial charge on any atom is -0.370 e. The zero-order valence-electron chi connectivity index (χ0n) is 9.43. The van der Waals surface area contributed by atoms with E-state index in [1.165, 1.54) is 11.0 Å².